The van der Waals surface area contributed by atoms with E-state index in [-0.39, 0.29) is 56.9 Å². The molecule has 3 aromatic carbocycles. The van der Waals surface area contributed by atoms with Crippen molar-refractivity contribution in [2.24, 2.45) is 0 Å². The molecule has 0 aromatic heterocycles. The Labute approximate surface area is 253 Å². The van der Waals surface area contributed by atoms with Crippen molar-refractivity contribution >= 4 is 7.82 Å². The van der Waals surface area contributed by atoms with Crippen LogP contribution >= 0.6 is 7.82 Å². The van der Waals surface area contributed by atoms with Gasteiger partial charge in [0.1, 0.15) is 35.6 Å². The van der Waals surface area contributed by atoms with Gasteiger partial charge in [0.05, 0.1) is 39.6 Å². The zero-order valence-electron chi connectivity index (χ0n) is 23.5. The van der Waals surface area contributed by atoms with Gasteiger partial charge in [0, 0.05) is 16.7 Å². The van der Waals surface area contributed by atoms with E-state index in [2.05, 4.69) is 0 Å². The molecule has 14 heteroatoms. The van der Waals surface area contributed by atoms with E-state index in [1.165, 1.54) is 0 Å². The highest BCUT2D eigenvalue weighted by Gasteiger charge is 2.34. The van der Waals surface area contributed by atoms with E-state index in [0.29, 0.717) is 16.7 Å². The number of aliphatic hydroxyl groups is 3. The van der Waals surface area contributed by atoms with Gasteiger partial charge in [-0.3, -0.25) is 0 Å². The Balaban J connectivity index is 1.18. The van der Waals surface area contributed by atoms with Crippen molar-refractivity contribution in [2.45, 2.75) is 37.2 Å². The zero-order chi connectivity index (χ0) is 30.5. The Morgan fingerprint density at radius 2 is 0.682 bits per heavy atom. The fourth-order valence-corrected chi connectivity index (χ4v) is 5.81. The SMILES string of the molecule is O=P(Oc1ccc(C2OCC(O)CO2)cc1)(Oc1ccc(C2OCC(O)CO2)cc1)Oc1ccc(C2OCC(O)CO2)cc1. The maximum atomic E-state index is 14.1. The van der Waals surface area contributed by atoms with Gasteiger partial charge in [-0.2, -0.15) is 4.57 Å². The van der Waals surface area contributed by atoms with Gasteiger partial charge in [-0.15, -0.1) is 0 Å². The average Bonchev–Trinajstić information content (AvgIpc) is 3.03. The van der Waals surface area contributed by atoms with Gasteiger partial charge in [-0.25, -0.2) is 0 Å². The Morgan fingerprint density at radius 3 is 0.909 bits per heavy atom. The van der Waals surface area contributed by atoms with E-state index < -0.39 is 45.0 Å². The van der Waals surface area contributed by atoms with Crippen molar-refractivity contribution in [3.8, 4) is 17.2 Å². The van der Waals surface area contributed by atoms with Crippen LogP contribution < -0.4 is 13.6 Å². The van der Waals surface area contributed by atoms with Crippen molar-refractivity contribution < 1.29 is 61.9 Å². The molecule has 0 amide bonds. The fourth-order valence-electron chi connectivity index (χ4n) is 4.56. The lowest BCUT2D eigenvalue weighted by atomic mass is 10.2. The van der Waals surface area contributed by atoms with Gasteiger partial charge in [-0.05, 0) is 36.4 Å². The van der Waals surface area contributed by atoms with Crippen molar-refractivity contribution in [3.63, 3.8) is 0 Å². The largest absolute Gasteiger partial charge is 0.647 e. The van der Waals surface area contributed by atoms with E-state index in [1.54, 1.807) is 72.8 Å². The van der Waals surface area contributed by atoms with Crippen LogP contribution in [0.3, 0.4) is 0 Å². The molecule has 0 radical (unpaired) electrons. The van der Waals surface area contributed by atoms with Crippen molar-refractivity contribution in [3.05, 3.63) is 89.5 Å². The first kappa shape index (κ1) is 30.9. The Kier molecular flexibility index (Phi) is 9.79. The first-order chi connectivity index (χ1) is 21.3. The maximum Gasteiger partial charge on any atom is 0.647 e. The second-order valence-electron chi connectivity index (χ2n) is 10.4. The minimum Gasteiger partial charge on any atom is -0.388 e. The van der Waals surface area contributed by atoms with Crippen LogP contribution in [-0.4, -0.2) is 73.3 Å². The molecular formula is C30H33O13P. The van der Waals surface area contributed by atoms with Crippen molar-refractivity contribution in [1.29, 1.82) is 0 Å². The molecule has 0 aliphatic carbocycles. The number of phosphoric acid groups is 1. The second-order valence-corrected chi connectivity index (χ2v) is 11.8. The molecule has 3 saturated heterocycles. The molecule has 3 N–H and O–H groups in total. The summed E-state index contributed by atoms with van der Waals surface area (Å²) in [6.07, 6.45) is -3.98. The van der Waals surface area contributed by atoms with Gasteiger partial charge < -0.3 is 57.3 Å². The lowest BCUT2D eigenvalue weighted by Gasteiger charge is -2.27. The number of benzene rings is 3. The smallest absolute Gasteiger partial charge is 0.388 e. The monoisotopic (exact) mass is 632 g/mol. The van der Waals surface area contributed by atoms with Crippen LogP contribution in [0.4, 0.5) is 0 Å². The van der Waals surface area contributed by atoms with E-state index in [4.69, 9.17) is 42.0 Å². The van der Waals surface area contributed by atoms with E-state index in [9.17, 15) is 19.9 Å². The summed E-state index contributed by atoms with van der Waals surface area (Å²) in [5.74, 6) is 0.601. The molecule has 13 nitrogen and oxygen atoms in total. The molecule has 3 aliphatic rings. The molecule has 0 unspecified atom stereocenters. The predicted molar refractivity (Wildman–Crippen MR) is 151 cm³/mol. The summed E-state index contributed by atoms with van der Waals surface area (Å²) in [5, 5.41) is 28.8. The van der Waals surface area contributed by atoms with Gasteiger partial charge >= 0.3 is 7.82 Å². The number of rotatable bonds is 9. The van der Waals surface area contributed by atoms with Crippen LogP contribution in [0.1, 0.15) is 35.6 Å². The lowest BCUT2D eigenvalue weighted by molar-refractivity contribution is -0.220. The first-order valence-electron chi connectivity index (χ1n) is 14.0. The topological polar surface area (TPSA) is 161 Å². The molecule has 0 atom stereocenters. The fraction of sp³-hybridized carbons (Fsp3) is 0.400. The molecule has 0 bridgehead atoms. The third-order valence-corrected chi connectivity index (χ3v) is 8.05. The third kappa shape index (κ3) is 7.95. The standard InChI is InChI=1S/C30H33O13P/c31-22-13-35-28(36-14-22)19-1-7-25(8-2-19)41-44(34,42-26-9-3-20(4-10-26)29-37-15-23(32)16-38-29)43-27-11-5-21(6-12-27)30-39-17-24(33)18-40-30/h1-12,22-24,28-33H,13-18H2. The summed E-state index contributed by atoms with van der Waals surface area (Å²) in [7, 11) is -4.34. The number of hydrogen-bond donors (Lipinski definition) is 3. The van der Waals surface area contributed by atoms with Gasteiger partial charge in [0.2, 0.25) is 0 Å². The predicted octanol–water partition coefficient (Wildman–Crippen LogP) is 3.55. The summed E-state index contributed by atoms with van der Waals surface area (Å²) < 4.78 is 64.6. The quantitative estimate of drug-likeness (QED) is 0.294. The third-order valence-electron chi connectivity index (χ3n) is 6.75. The Morgan fingerprint density at radius 1 is 0.455 bits per heavy atom. The Bertz CT molecular complexity index is 1210. The van der Waals surface area contributed by atoms with Crippen molar-refractivity contribution in [1.82, 2.24) is 0 Å². The minimum absolute atomic E-state index is 0.152. The van der Waals surface area contributed by atoms with Crippen LogP contribution in [0.2, 0.25) is 0 Å². The number of ether oxygens (including phenoxy) is 6. The Hall–Kier alpha value is -3.07. The van der Waals surface area contributed by atoms with Gasteiger partial charge in [0.25, 0.3) is 0 Å². The van der Waals surface area contributed by atoms with Gasteiger partial charge in [0.15, 0.2) is 18.9 Å². The highest BCUT2D eigenvalue weighted by atomic mass is 31.2. The molecular weight excluding hydrogens is 599 g/mol. The van der Waals surface area contributed by atoms with Crippen LogP contribution in [0, 0.1) is 0 Å². The van der Waals surface area contributed by atoms with Crippen LogP contribution in [0.25, 0.3) is 0 Å². The molecule has 3 aromatic rings. The number of hydrogen-bond acceptors (Lipinski definition) is 13. The number of phosphoric ester groups is 1. The second kappa shape index (κ2) is 13.9. The normalized spacial score (nSPS) is 28.9. The summed E-state index contributed by atoms with van der Waals surface area (Å²) in [6, 6.07) is 19.6. The van der Waals surface area contributed by atoms with E-state index in [0.717, 1.165) is 0 Å². The van der Waals surface area contributed by atoms with Crippen LogP contribution in [-0.2, 0) is 33.0 Å². The zero-order valence-corrected chi connectivity index (χ0v) is 24.4. The summed E-state index contributed by atoms with van der Waals surface area (Å²) in [6.45, 7) is 0.912. The van der Waals surface area contributed by atoms with Crippen LogP contribution in [0.5, 0.6) is 17.2 Å². The molecule has 44 heavy (non-hydrogen) atoms. The highest BCUT2D eigenvalue weighted by molar-refractivity contribution is 7.49. The van der Waals surface area contributed by atoms with E-state index >= 15 is 0 Å². The highest BCUT2D eigenvalue weighted by Crippen LogP contribution is 2.50. The molecule has 3 heterocycles. The molecule has 0 saturated carbocycles. The molecule has 3 fully saturated rings. The average molecular weight is 633 g/mol. The lowest BCUT2D eigenvalue weighted by Crippen LogP contribution is -2.30. The first-order valence-corrected chi connectivity index (χ1v) is 15.5. The van der Waals surface area contributed by atoms with Crippen LogP contribution in [0.15, 0.2) is 72.8 Å². The summed E-state index contributed by atoms with van der Waals surface area (Å²) in [5.41, 5.74) is 2.06. The number of aliphatic hydroxyl groups excluding tert-OH is 3. The van der Waals surface area contributed by atoms with Gasteiger partial charge in [-0.1, -0.05) is 36.4 Å². The van der Waals surface area contributed by atoms with E-state index in [1.807, 2.05) is 0 Å². The molecule has 0 spiro atoms. The van der Waals surface area contributed by atoms with Crippen molar-refractivity contribution in [2.75, 3.05) is 39.6 Å². The maximum absolute atomic E-state index is 14.1. The molecule has 6 rings (SSSR count). The minimum atomic E-state index is -4.34. The summed E-state index contributed by atoms with van der Waals surface area (Å²) in [4.78, 5) is 0. The summed E-state index contributed by atoms with van der Waals surface area (Å²) >= 11 is 0. The molecule has 236 valence electrons. The molecule has 3 aliphatic heterocycles.